The van der Waals surface area contributed by atoms with E-state index in [4.69, 9.17) is 10.5 Å². The van der Waals surface area contributed by atoms with E-state index in [1.54, 1.807) is 24.3 Å². The maximum Gasteiger partial charge on any atom is 0.343 e. The number of rotatable bonds is 4. The molecule has 3 nitrogen and oxygen atoms in total. The Morgan fingerprint density at radius 1 is 1.00 bits per heavy atom. The monoisotopic (exact) mass is 241 g/mol. The Morgan fingerprint density at radius 2 is 1.67 bits per heavy atom. The fourth-order valence-electron chi connectivity index (χ4n) is 1.63. The summed E-state index contributed by atoms with van der Waals surface area (Å²) in [4.78, 5) is 11.8. The van der Waals surface area contributed by atoms with Crippen molar-refractivity contribution in [1.82, 2.24) is 0 Å². The Morgan fingerprint density at radius 3 is 2.28 bits per heavy atom. The molecule has 0 aliphatic rings. The van der Waals surface area contributed by atoms with E-state index in [0.717, 1.165) is 12.0 Å². The molecule has 2 N–H and O–H groups in total. The molecule has 3 heteroatoms. The average molecular weight is 241 g/mol. The second kappa shape index (κ2) is 5.98. The van der Waals surface area contributed by atoms with E-state index in [0.29, 0.717) is 17.9 Å². The molecule has 0 amide bonds. The highest BCUT2D eigenvalue weighted by molar-refractivity contribution is 5.91. The van der Waals surface area contributed by atoms with Crippen LogP contribution in [-0.4, -0.2) is 12.5 Å². The van der Waals surface area contributed by atoms with Gasteiger partial charge in [0.05, 0.1) is 5.56 Å². The number of hydrogen-bond acceptors (Lipinski definition) is 3. The molecule has 2 rings (SSSR count). The van der Waals surface area contributed by atoms with Crippen molar-refractivity contribution in [3.8, 4) is 5.75 Å². The molecule has 0 aliphatic carbocycles. The van der Waals surface area contributed by atoms with E-state index >= 15 is 0 Å². The first kappa shape index (κ1) is 12.3. The lowest BCUT2D eigenvalue weighted by atomic mass is 10.1. The van der Waals surface area contributed by atoms with Crippen molar-refractivity contribution in [2.24, 2.45) is 5.73 Å². The zero-order valence-corrected chi connectivity index (χ0v) is 10.0. The molecular weight excluding hydrogens is 226 g/mol. The summed E-state index contributed by atoms with van der Waals surface area (Å²) < 4.78 is 5.24. The third kappa shape index (κ3) is 3.18. The summed E-state index contributed by atoms with van der Waals surface area (Å²) in [5.41, 5.74) is 7.13. The van der Waals surface area contributed by atoms with Gasteiger partial charge in [-0.3, -0.25) is 0 Å². The number of nitrogens with two attached hydrogens (primary N) is 1. The molecule has 2 aromatic rings. The number of benzene rings is 2. The second-order valence-electron chi connectivity index (χ2n) is 3.94. The summed E-state index contributed by atoms with van der Waals surface area (Å²) in [5, 5.41) is 0. The Balaban J connectivity index is 2.05. The van der Waals surface area contributed by atoms with Crippen LogP contribution in [0.2, 0.25) is 0 Å². The number of ether oxygens (including phenoxy) is 1. The SMILES string of the molecule is NCCc1ccc(C(=O)Oc2ccccc2)cc1. The van der Waals surface area contributed by atoms with E-state index in [2.05, 4.69) is 0 Å². The van der Waals surface area contributed by atoms with Gasteiger partial charge in [0.25, 0.3) is 0 Å². The van der Waals surface area contributed by atoms with Gasteiger partial charge in [-0.05, 0) is 42.8 Å². The second-order valence-corrected chi connectivity index (χ2v) is 3.94. The lowest BCUT2D eigenvalue weighted by molar-refractivity contribution is 0.0735. The van der Waals surface area contributed by atoms with Crippen molar-refractivity contribution >= 4 is 5.97 Å². The van der Waals surface area contributed by atoms with Crippen LogP contribution < -0.4 is 10.5 Å². The topological polar surface area (TPSA) is 52.3 Å². The van der Waals surface area contributed by atoms with E-state index < -0.39 is 0 Å². The molecule has 92 valence electrons. The van der Waals surface area contributed by atoms with Crippen molar-refractivity contribution in [3.05, 3.63) is 65.7 Å². The summed E-state index contributed by atoms with van der Waals surface area (Å²) in [7, 11) is 0. The van der Waals surface area contributed by atoms with Gasteiger partial charge in [0, 0.05) is 0 Å². The molecule has 0 saturated heterocycles. The van der Waals surface area contributed by atoms with Crippen LogP contribution in [0.15, 0.2) is 54.6 Å². The van der Waals surface area contributed by atoms with Crippen molar-refractivity contribution in [1.29, 1.82) is 0 Å². The van der Waals surface area contributed by atoms with Gasteiger partial charge in [0.1, 0.15) is 5.75 Å². The highest BCUT2D eigenvalue weighted by atomic mass is 16.5. The maximum absolute atomic E-state index is 11.8. The first-order valence-corrected chi connectivity index (χ1v) is 5.86. The Labute approximate surface area is 106 Å². The maximum atomic E-state index is 11.8. The van der Waals surface area contributed by atoms with Crippen LogP contribution in [0.5, 0.6) is 5.75 Å². The number of carbonyl (C=O) groups is 1. The minimum absolute atomic E-state index is 0.347. The molecule has 0 radical (unpaired) electrons. The van der Waals surface area contributed by atoms with Crippen molar-refractivity contribution in [2.45, 2.75) is 6.42 Å². The van der Waals surface area contributed by atoms with Crippen LogP contribution >= 0.6 is 0 Å². The molecule has 2 aromatic carbocycles. The normalized spacial score (nSPS) is 10.1. The minimum Gasteiger partial charge on any atom is -0.423 e. The molecule has 0 atom stereocenters. The fourth-order valence-corrected chi connectivity index (χ4v) is 1.63. The van der Waals surface area contributed by atoms with Gasteiger partial charge < -0.3 is 10.5 Å². The Hall–Kier alpha value is -2.13. The molecule has 0 aromatic heterocycles. The van der Waals surface area contributed by atoms with Gasteiger partial charge in [0.2, 0.25) is 0 Å². The fraction of sp³-hybridized carbons (Fsp3) is 0.133. The highest BCUT2D eigenvalue weighted by Crippen LogP contribution is 2.12. The lowest BCUT2D eigenvalue weighted by Gasteiger charge is -2.04. The quantitative estimate of drug-likeness (QED) is 0.660. The van der Waals surface area contributed by atoms with Gasteiger partial charge in [-0.25, -0.2) is 4.79 Å². The summed E-state index contributed by atoms with van der Waals surface area (Å²) in [5.74, 6) is 0.203. The van der Waals surface area contributed by atoms with E-state index in [1.165, 1.54) is 0 Å². The molecule has 0 fully saturated rings. The molecule has 0 saturated carbocycles. The standard InChI is InChI=1S/C15H15NO2/c16-11-10-12-6-8-13(9-7-12)15(17)18-14-4-2-1-3-5-14/h1-9H,10-11,16H2. The summed E-state index contributed by atoms with van der Waals surface area (Å²) >= 11 is 0. The minimum atomic E-state index is -0.347. The number of hydrogen-bond donors (Lipinski definition) is 1. The van der Waals surface area contributed by atoms with E-state index in [9.17, 15) is 4.79 Å². The van der Waals surface area contributed by atoms with Crippen LogP contribution in [0, 0.1) is 0 Å². The summed E-state index contributed by atoms with van der Waals surface area (Å²) in [6.07, 6.45) is 0.814. The molecule has 0 heterocycles. The zero-order valence-electron chi connectivity index (χ0n) is 10.0. The number of carbonyl (C=O) groups excluding carboxylic acids is 1. The molecule has 0 unspecified atom stereocenters. The Bertz CT molecular complexity index is 506. The van der Waals surface area contributed by atoms with E-state index in [1.807, 2.05) is 30.3 Å². The Kier molecular flexibility index (Phi) is 4.10. The molecule has 0 aliphatic heterocycles. The molecule has 0 spiro atoms. The predicted octanol–water partition coefficient (Wildman–Crippen LogP) is 2.41. The van der Waals surface area contributed by atoms with Gasteiger partial charge in [0.15, 0.2) is 0 Å². The number of para-hydroxylation sites is 1. The van der Waals surface area contributed by atoms with Crippen LogP contribution in [0.25, 0.3) is 0 Å². The summed E-state index contributed by atoms with van der Waals surface area (Å²) in [6, 6.07) is 16.3. The summed E-state index contributed by atoms with van der Waals surface area (Å²) in [6.45, 7) is 0.605. The average Bonchev–Trinajstić information content (AvgIpc) is 2.41. The molecule has 18 heavy (non-hydrogen) atoms. The van der Waals surface area contributed by atoms with Gasteiger partial charge in [-0.2, -0.15) is 0 Å². The lowest BCUT2D eigenvalue weighted by Crippen LogP contribution is -2.09. The van der Waals surface area contributed by atoms with E-state index in [-0.39, 0.29) is 5.97 Å². The first-order valence-electron chi connectivity index (χ1n) is 5.86. The largest absolute Gasteiger partial charge is 0.423 e. The zero-order chi connectivity index (χ0) is 12.8. The van der Waals surface area contributed by atoms with Crippen molar-refractivity contribution in [2.75, 3.05) is 6.54 Å². The third-order valence-corrected chi connectivity index (χ3v) is 2.58. The predicted molar refractivity (Wildman–Crippen MR) is 70.6 cm³/mol. The van der Waals surface area contributed by atoms with Crippen LogP contribution in [-0.2, 0) is 6.42 Å². The van der Waals surface area contributed by atoms with Crippen molar-refractivity contribution < 1.29 is 9.53 Å². The highest BCUT2D eigenvalue weighted by Gasteiger charge is 2.07. The molecular formula is C15H15NO2. The van der Waals surface area contributed by atoms with Gasteiger partial charge >= 0.3 is 5.97 Å². The van der Waals surface area contributed by atoms with Gasteiger partial charge in [-0.15, -0.1) is 0 Å². The smallest absolute Gasteiger partial charge is 0.343 e. The molecule has 0 bridgehead atoms. The van der Waals surface area contributed by atoms with Crippen LogP contribution in [0.3, 0.4) is 0 Å². The van der Waals surface area contributed by atoms with Crippen LogP contribution in [0.4, 0.5) is 0 Å². The first-order chi connectivity index (χ1) is 8.79. The third-order valence-electron chi connectivity index (χ3n) is 2.58. The van der Waals surface area contributed by atoms with Gasteiger partial charge in [-0.1, -0.05) is 30.3 Å². The number of esters is 1. The van der Waals surface area contributed by atoms with Crippen molar-refractivity contribution in [3.63, 3.8) is 0 Å². The van der Waals surface area contributed by atoms with Crippen LogP contribution in [0.1, 0.15) is 15.9 Å².